The van der Waals surface area contributed by atoms with Crippen molar-refractivity contribution < 1.29 is 9.53 Å². The molecule has 0 spiro atoms. The van der Waals surface area contributed by atoms with Gasteiger partial charge in [0.1, 0.15) is 0 Å². The Hall–Kier alpha value is -1.39. The molecule has 110 valence electrons. The van der Waals surface area contributed by atoms with Gasteiger partial charge >= 0.3 is 0 Å². The fraction of sp³-hybridized carbons (Fsp3) is 0.562. The van der Waals surface area contributed by atoms with Crippen molar-refractivity contribution in [3.63, 3.8) is 0 Å². The van der Waals surface area contributed by atoms with Crippen LogP contribution >= 0.6 is 0 Å². The Morgan fingerprint density at radius 3 is 2.60 bits per heavy atom. The summed E-state index contributed by atoms with van der Waals surface area (Å²) in [7, 11) is 0. The number of nitrogens with two attached hydrogens (primary N) is 1. The number of carbonyl (C=O) groups is 1. The summed E-state index contributed by atoms with van der Waals surface area (Å²) in [5.74, 6) is 0.187. The normalized spacial score (nSPS) is 22.9. The average Bonchev–Trinajstić information content (AvgIpc) is 2.48. The van der Waals surface area contributed by atoms with E-state index in [2.05, 4.69) is 6.92 Å². The van der Waals surface area contributed by atoms with Gasteiger partial charge in [-0.15, -0.1) is 0 Å². The number of rotatable bonds is 4. The van der Waals surface area contributed by atoms with E-state index in [0.29, 0.717) is 26.1 Å². The number of benzene rings is 1. The highest BCUT2D eigenvalue weighted by Gasteiger charge is 2.29. The van der Waals surface area contributed by atoms with Gasteiger partial charge in [-0.1, -0.05) is 31.2 Å². The highest BCUT2D eigenvalue weighted by atomic mass is 16.5. The smallest absolute Gasteiger partial charge is 0.227 e. The second-order valence-electron chi connectivity index (χ2n) is 5.45. The van der Waals surface area contributed by atoms with Gasteiger partial charge in [-0.2, -0.15) is 0 Å². The molecule has 0 aliphatic carbocycles. The minimum absolute atomic E-state index is 0.126. The standard InChI is InChI=1S/C16H24N2O2/c1-3-15-11-20-12(2)10-18(15)16(19)8-13-4-6-14(9-17)7-5-13/h4-7,12,15H,3,8-11,17H2,1-2H3. The van der Waals surface area contributed by atoms with Crippen molar-refractivity contribution >= 4 is 5.91 Å². The lowest BCUT2D eigenvalue weighted by atomic mass is 10.1. The van der Waals surface area contributed by atoms with Crippen LogP contribution in [0, 0.1) is 0 Å². The molecule has 0 saturated carbocycles. The molecule has 1 aliphatic heterocycles. The molecule has 1 heterocycles. The first-order valence-corrected chi connectivity index (χ1v) is 7.33. The molecule has 2 rings (SSSR count). The zero-order chi connectivity index (χ0) is 14.5. The van der Waals surface area contributed by atoms with Gasteiger partial charge in [-0.25, -0.2) is 0 Å². The summed E-state index contributed by atoms with van der Waals surface area (Å²) in [6.45, 7) is 5.99. The molecule has 2 unspecified atom stereocenters. The van der Waals surface area contributed by atoms with Crippen LogP contribution in [0.4, 0.5) is 0 Å². The quantitative estimate of drug-likeness (QED) is 0.911. The molecule has 1 fully saturated rings. The Kier molecular flexibility index (Phi) is 5.15. The van der Waals surface area contributed by atoms with Gasteiger partial charge in [0.05, 0.1) is 25.2 Å². The Morgan fingerprint density at radius 1 is 1.35 bits per heavy atom. The van der Waals surface area contributed by atoms with Gasteiger partial charge in [0, 0.05) is 13.1 Å². The molecule has 4 heteroatoms. The summed E-state index contributed by atoms with van der Waals surface area (Å²) in [4.78, 5) is 14.5. The van der Waals surface area contributed by atoms with Gasteiger partial charge in [-0.05, 0) is 24.5 Å². The topological polar surface area (TPSA) is 55.6 Å². The van der Waals surface area contributed by atoms with Crippen molar-refractivity contribution in [1.29, 1.82) is 0 Å². The summed E-state index contributed by atoms with van der Waals surface area (Å²) in [5.41, 5.74) is 7.71. The molecule has 0 radical (unpaired) electrons. The summed E-state index contributed by atoms with van der Waals surface area (Å²) in [5, 5.41) is 0. The maximum absolute atomic E-state index is 12.5. The van der Waals surface area contributed by atoms with Gasteiger partial charge in [0.15, 0.2) is 0 Å². The lowest BCUT2D eigenvalue weighted by Crippen LogP contribution is -2.51. The van der Waals surface area contributed by atoms with E-state index in [4.69, 9.17) is 10.5 Å². The average molecular weight is 276 g/mol. The van der Waals surface area contributed by atoms with Crippen LogP contribution in [0.1, 0.15) is 31.4 Å². The molecule has 2 atom stereocenters. The fourth-order valence-corrected chi connectivity index (χ4v) is 2.56. The molecular weight excluding hydrogens is 252 g/mol. The van der Waals surface area contributed by atoms with E-state index in [1.807, 2.05) is 36.1 Å². The Labute approximate surface area is 120 Å². The van der Waals surface area contributed by atoms with Gasteiger partial charge in [0.25, 0.3) is 0 Å². The van der Waals surface area contributed by atoms with Crippen molar-refractivity contribution in [2.45, 2.75) is 45.4 Å². The van der Waals surface area contributed by atoms with Crippen LogP contribution in [-0.4, -0.2) is 36.1 Å². The van der Waals surface area contributed by atoms with E-state index < -0.39 is 0 Å². The van der Waals surface area contributed by atoms with Crippen LogP contribution in [0.3, 0.4) is 0 Å². The monoisotopic (exact) mass is 276 g/mol. The maximum atomic E-state index is 12.5. The number of hydrogen-bond donors (Lipinski definition) is 1. The SMILES string of the molecule is CCC1COC(C)CN1C(=O)Cc1ccc(CN)cc1. The molecule has 1 aromatic rings. The molecule has 1 aliphatic rings. The first-order chi connectivity index (χ1) is 9.63. The van der Waals surface area contributed by atoms with Crippen LogP contribution in [0.15, 0.2) is 24.3 Å². The van der Waals surface area contributed by atoms with Gasteiger partial charge in [0.2, 0.25) is 5.91 Å². The molecule has 1 aromatic carbocycles. The second-order valence-corrected chi connectivity index (χ2v) is 5.45. The van der Waals surface area contributed by atoms with Crippen LogP contribution in [0.5, 0.6) is 0 Å². The predicted octanol–water partition coefficient (Wildman–Crippen LogP) is 1.71. The van der Waals surface area contributed by atoms with Crippen LogP contribution < -0.4 is 5.73 Å². The van der Waals surface area contributed by atoms with Gasteiger partial charge in [-0.3, -0.25) is 4.79 Å². The number of amides is 1. The zero-order valence-electron chi connectivity index (χ0n) is 12.3. The summed E-state index contributed by atoms with van der Waals surface area (Å²) in [6.07, 6.45) is 1.51. The van der Waals surface area contributed by atoms with E-state index in [0.717, 1.165) is 17.5 Å². The Bertz CT molecular complexity index is 444. The fourth-order valence-electron chi connectivity index (χ4n) is 2.56. The van der Waals surface area contributed by atoms with E-state index in [-0.39, 0.29) is 18.1 Å². The lowest BCUT2D eigenvalue weighted by Gasteiger charge is -2.38. The minimum atomic E-state index is 0.126. The number of nitrogens with zero attached hydrogens (tertiary/aromatic N) is 1. The third kappa shape index (κ3) is 3.58. The third-order valence-electron chi connectivity index (χ3n) is 3.87. The third-order valence-corrected chi connectivity index (χ3v) is 3.87. The number of carbonyl (C=O) groups excluding carboxylic acids is 1. The van der Waals surface area contributed by atoms with Crippen molar-refractivity contribution in [3.05, 3.63) is 35.4 Å². The van der Waals surface area contributed by atoms with Crippen molar-refractivity contribution in [2.75, 3.05) is 13.2 Å². The lowest BCUT2D eigenvalue weighted by molar-refractivity contribution is -0.143. The highest BCUT2D eigenvalue weighted by molar-refractivity contribution is 5.79. The molecule has 1 amide bonds. The van der Waals surface area contributed by atoms with E-state index in [1.165, 1.54) is 0 Å². The molecule has 0 aromatic heterocycles. The van der Waals surface area contributed by atoms with Crippen LogP contribution in [0.2, 0.25) is 0 Å². The predicted molar refractivity (Wildman–Crippen MR) is 79.2 cm³/mol. The highest BCUT2D eigenvalue weighted by Crippen LogP contribution is 2.16. The van der Waals surface area contributed by atoms with E-state index in [9.17, 15) is 4.79 Å². The Balaban J connectivity index is 2.01. The molecule has 0 bridgehead atoms. The number of hydrogen-bond acceptors (Lipinski definition) is 3. The zero-order valence-corrected chi connectivity index (χ0v) is 12.3. The van der Waals surface area contributed by atoms with Crippen LogP contribution in [-0.2, 0) is 22.5 Å². The summed E-state index contributed by atoms with van der Waals surface area (Å²) >= 11 is 0. The largest absolute Gasteiger partial charge is 0.375 e. The molecule has 1 saturated heterocycles. The van der Waals surface area contributed by atoms with Crippen molar-refractivity contribution in [1.82, 2.24) is 4.90 Å². The first-order valence-electron chi connectivity index (χ1n) is 7.33. The number of ether oxygens (including phenoxy) is 1. The summed E-state index contributed by atoms with van der Waals surface area (Å²) in [6, 6.07) is 8.17. The molecular formula is C16H24N2O2. The molecule has 20 heavy (non-hydrogen) atoms. The van der Waals surface area contributed by atoms with E-state index >= 15 is 0 Å². The maximum Gasteiger partial charge on any atom is 0.227 e. The van der Waals surface area contributed by atoms with Crippen LogP contribution in [0.25, 0.3) is 0 Å². The van der Waals surface area contributed by atoms with Gasteiger partial charge < -0.3 is 15.4 Å². The summed E-state index contributed by atoms with van der Waals surface area (Å²) < 4.78 is 5.63. The number of morpholine rings is 1. The van der Waals surface area contributed by atoms with Crippen molar-refractivity contribution in [3.8, 4) is 0 Å². The Morgan fingerprint density at radius 2 is 2.00 bits per heavy atom. The van der Waals surface area contributed by atoms with Crippen molar-refractivity contribution in [2.24, 2.45) is 5.73 Å². The van der Waals surface area contributed by atoms with E-state index in [1.54, 1.807) is 0 Å². The molecule has 2 N–H and O–H groups in total. The first kappa shape index (κ1) is 15.0. The molecule has 4 nitrogen and oxygen atoms in total. The minimum Gasteiger partial charge on any atom is -0.375 e. The second kappa shape index (κ2) is 6.86.